The number of fused-ring (bicyclic) bond motifs is 1. The van der Waals surface area contributed by atoms with E-state index in [4.69, 9.17) is 0 Å². The molecule has 0 saturated heterocycles. The molecule has 106 valence electrons. The van der Waals surface area contributed by atoms with Crippen molar-refractivity contribution in [2.75, 3.05) is 24.3 Å². The fourth-order valence-electron chi connectivity index (χ4n) is 2.48. The van der Waals surface area contributed by atoms with Crippen LogP contribution in [0, 0.1) is 6.92 Å². The minimum atomic E-state index is 0.629. The zero-order chi connectivity index (χ0) is 14.8. The normalized spacial score (nSPS) is 10.6. The summed E-state index contributed by atoms with van der Waals surface area (Å²) in [6.07, 6.45) is 0. The van der Waals surface area contributed by atoms with E-state index in [0.29, 0.717) is 5.95 Å². The predicted molar refractivity (Wildman–Crippen MR) is 88.3 cm³/mol. The van der Waals surface area contributed by atoms with Gasteiger partial charge in [-0.3, -0.25) is 0 Å². The molecule has 0 aliphatic heterocycles. The van der Waals surface area contributed by atoms with Crippen molar-refractivity contribution in [2.45, 2.75) is 6.92 Å². The lowest BCUT2D eigenvalue weighted by molar-refractivity contribution is 1.10. The zero-order valence-corrected chi connectivity index (χ0v) is 12.5. The van der Waals surface area contributed by atoms with Crippen molar-refractivity contribution < 1.29 is 0 Å². The van der Waals surface area contributed by atoms with E-state index in [0.717, 1.165) is 22.4 Å². The molecule has 1 heterocycles. The molecule has 1 N–H and O–H groups in total. The highest BCUT2D eigenvalue weighted by Gasteiger charge is 2.13. The number of hydrogen-bond donors (Lipinski definition) is 1. The van der Waals surface area contributed by atoms with Crippen LogP contribution in [-0.4, -0.2) is 24.1 Å². The molecule has 0 fully saturated rings. The van der Waals surface area contributed by atoms with Gasteiger partial charge in [0, 0.05) is 25.2 Å². The van der Waals surface area contributed by atoms with Crippen molar-refractivity contribution in [1.29, 1.82) is 0 Å². The number of anilines is 3. The number of para-hydroxylation sites is 2. The Labute approximate surface area is 124 Å². The van der Waals surface area contributed by atoms with Gasteiger partial charge in [0.1, 0.15) is 5.82 Å². The fraction of sp³-hybridized carbons (Fsp3) is 0.176. The van der Waals surface area contributed by atoms with Gasteiger partial charge < -0.3 is 10.2 Å². The number of nitrogens with zero attached hydrogens (tertiary/aromatic N) is 3. The monoisotopic (exact) mass is 278 g/mol. The van der Waals surface area contributed by atoms with Gasteiger partial charge in [-0.1, -0.05) is 30.3 Å². The average Bonchev–Trinajstić information content (AvgIpc) is 2.53. The summed E-state index contributed by atoms with van der Waals surface area (Å²) < 4.78 is 0. The molecule has 0 aliphatic rings. The molecule has 0 saturated carbocycles. The quantitative estimate of drug-likeness (QED) is 0.792. The van der Waals surface area contributed by atoms with Crippen LogP contribution in [0.1, 0.15) is 5.56 Å². The molecule has 3 rings (SSSR count). The molecule has 0 unspecified atom stereocenters. The maximum absolute atomic E-state index is 4.64. The summed E-state index contributed by atoms with van der Waals surface area (Å²) in [5.41, 5.74) is 3.30. The van der Waals surface area contributed by atoms with Gasteiger partial charge in [0.25, 0.3) is 0 Å². The third-order valence-corrected chi connectivity index (χ3v) is 3.60. The molecule has 2 aromatic carbocycles. The first-order valence-corrected chi connectivity index (χ1v) is 6.94. The highest BCUT2D eigenvalue weighted by molar-refractivity contribution is 5.92. The Morgan fingerprint density at radius 2 is 1.67 bits per heavy atom. The Morgan fingerprint density at radius 1 is 0.952 bits per heavy atom. The van der Waals surface area contributed by atoms with E-state index in [1.807, 2.05) is 44.4 Å². The number of benzene rings is 2. The zero-order valence-electron chi connectivity index (χ0n) is 12.5. The Bertz CT molecular complexity index is 783. The van der Waals surface area contributed by atoms with Crippen LogP contribution in [0.15, 0.2) is 48.5 Å². The molecule has 3 aromatic rings. The lowest BCUT2D eigenvalue weighted by Gasteiger charge is -2.22. The van der Waals surface area contributed by atoms with E-state index in [1.54, 1.807) is 0 Å². The van der Waals surface area contributed by atoms with E-state index >= 15 is 0 Å². The fourth-order valence-corrected chi connectivity index (χ4v) is 2.48. The molecule has 4 heteroatoms. The number of nitrogens with one attached hydrogen (secondary N) is 1. The van der Waals surface area contributed by atoms with Crippen molar-refractivity contribution in [3.63, 3.8) is 0 Å². The molecular formula is C17H18N4. The van der Waals surface area contributed by atoms with Crippen molar-refractivity contribution in [2.24, 2.45) is 0 Å². The van der Waals surface area contributed by atoms with Gasteiger partial charge in [-0.25, -0.2) is 4.98 Å². The van der Waals surface area contributed by atoms with E-state index in [9.17, 15) is 0 Å². The molecule has 0 atom stereocenters. The smallest absolute Gasteiger partial charge is 0.224 e. The van der Waals surface area contributed by atoms with Crippen molar-refractivity contribution in [3.05, 3.63) is 54.1 Å². The van der Waals surface area contributed by atoms with E-state index in [2.05, 4.69) is 45.3 Å². The largest absolute Gasteiger partial charge is 0.357 e. The Morgan fingerprint density at radius 3 is 2.43 bits per heavy atom. The third kappa shape index (κ3) is 2.40. The van der Waals surface area contributed by atoms with Gasteiger partial charge >= 0.3 is 0 Å². The maximum atomic E-state index is 4.64. The molecule has 0 radical (unpaired) electrons. The Kier molecular flexibility index (Phi) is 3.44. The summed E-state index contributed by atoms with van der Waals surface area (Å²) in [5, 5.41) is 4.08. The molecule has 4 nitrogen and oxygen atoms in total. The molecule has 1 aromatic heterocycles. The Balaban J connectivity index is 2.21. The highest BCUT2D eigenvalue weighted by Crippen LogP contribution is 2.31. The van der Waals surface area contributed by atoms with Gasteiger partial charge in [-0.15, -0.1) is 0 Å². The van der Waals surface area contributed by atoms with Crippen LogP contribution in [0.4, 0.5) is 17.5 Å². The van der Waals surface area contributed by atoms with E-state index in [1.165, 1.54) is 5.56 Å². The number of aromatic nitrogens is 2. The maximum Gasteiger partial charge on any atom is 0.224 e. The van der Waals surface area contributed by atoms with Gasteiger partial charge in [0.2, 0.25) is 5.95 Å². The SMILES string of the molecule is CNc1nc(N(C)c2ccccc2C)c2ccccc2n1. The number of hydrogen-bond acceptors (Lipinski definition) is 4. The van der Waals surface area contributed by atoms with Crippen LogP contribution in [0.3, 0.4) is 0 Å². The summed E-state index contributed by atoms with van der Waals surface area (Å²) in [4.78, 5) is 11.3. The van der Waals surface area contributed by atoms with Crippen LogP contribution in [0.25, 0.3) is 10.9 Å². The first kappa shape index (κ1) is 13.4. The summed E-state index contributed by atoms with van der Waals surface area (Å²) >= 11 is 0. The van der Waals surface area contributed by atoms with Crippen LogP contribution in [-0.2, 0) is 0 Å². The van der Waals surface area contributed by atoms with Crippen LogP contribution in [0.5, 0.6) is 0 Å². The second-order valence-electron chi connectivity index (χ2n) is 4.98. The summed E-state index contributed by atoms with van der Waals surface area (Å²) in [6.45, 7) is 2.11. The lowest BCUT2D eigenvalue weighted by atomic mass is 10.1. The van der Waals surface area contributed by atoms with Crippen molar-refractivity contribution in [1.82, 2.24) is 9.97 Å². The minimum Gasteiger partial charge on any atom is -0.357 e. The second kappa shape index (κ2) is 5.40. The molecule has 0 bridgehead atoms. The second-order valence-corrected chi connectivity index (χ2v) is 4.98. The first-order chi connectivity index (χ1) is 10.2. The van der Waals surface area contributed by atoms with Crippen LogP contribution in [0.2, 0.25) is 0 Å². The average molecular weight is 278 g/mol. The Hall–Kier alpha value is -2.62. The first-order valence-electron chi connectivity index (χ1n) is 6.94. The van der Waals surface area contributed by atoms with Crippen LogP contribution < -0.4 is 10.2 Å². The third-order valence-electron chi connectivity index (χ3n) is 3.60. The molecule has 0 amide bonds. The summed E-state index contributed by atoms with van der Waals surface area (Å²) in [7, 11) is 3.87. The van der Waals surface area contributed by atoms with E-state index in [-0.39, 0.29) is 0 Å². The molecule has 0 spiro atoms. The van der Waals surface area contributed by atoms with E-state index < -0.39 is 0 Å². The van der Waals surface area contributed by atoms with Gasteiger partial charge in [-0.2, -0.15) is 4.98 Å². The standard InChI is InChI=1S/C17H18N4/c1-12-8-4-7-11-15(12)21(3)16-13-9-5-6-10-14(13)19-17(18-2)20-16/h4-11H,1-3H3,(H,18,19,20). The topological polar surface area (TPSA) is 41.1 Å². The predicted octanol–water partition coefficient (Wildman–Crippen LogP) is 3.75. The van der Waals surface area contributed by atoms with Gasteiger partial charge in [0.05, 0.1) is 5.52 Å². The van der Waals surface area contributed by atoms with Crippen molar-refractivity contribution in [3.8, 4) is 0 Å². The van der Waals surface area contributed by atoms with Crippen LogP contribution >= 0.6 is 0 Å². The number of aryl methyl sites for hydroxylation is 1. The highest BCUT2D eigenvalue weighted by atomic mass is 15.2. The van der Waals surface area contributed by atoms with Gasteiger partial charge in [0.15, 0.2) is 0 Å². The minimum absolute atomic E-state index is 0.629. The molecular weight excluding hydrogens is 260 g/mol. The lowest BCUT2D eigenvalue weighted by Crippen LogP contribution is -2.14. The van der Waals surface area contributed by atoms with Crippen molar-refractivity contribution >= 4 is 28.4 Å². The summed E-state index contributed by atoms with van der Waals surface area (Å²) in [6, 6.07) is 16.4. The molecule has 0 aliphatic carbocycles. The summed E-state index contributed by atoms with van der Waals surface area (Å²) in [5.74, 6) is 1.53. The molecule has 21 heavy (non-hydrogen) atoms. The van der Waals surface area contributed by atoms with Gasteiger partial charge in [-0.05, 0) is 30.7 Å². The number of rotatable bonds is 3.